The van der Waals surface area contributed by atoms with Crippen molar-refractivity contribution in [1.82, 2.24) is 0 Å². The summed E-state index contributed by atoms with van der Waals surface area (Å²) in [4.78, 5) is 23.1. The van der Waals surface area contributed by atoms with Gasteiger partial charge in [-0.2, -0.15) is 5.10 Å². The van der Waals surface area contributed by atoms with Crippen LogP contribution in [0.15, 0.2) is 52.0 Å². The van der Waals surface area contributed by atoms with E-state index in [1.807, 2.05) is 0 Å². The van der Waals surface area contributed by atoms with Crippen molar-refractivity contribution in [3.63, 3.8) is 0 Å². The number of fused-ring (bicyclic) bond motifs is 1. The SMILES string of the molecule is Cc1cc(N/N=C2/C(=O)C(C(=O)[O-])=Cc3ccccc32)c(S(=O)(=O)[O-])cc1Cl.[Ca+2]. The number of nitrogens with one attached hydrogen (secondary N) is 1. The van der Waals surface area contributed by atoms with Crippen molar-refractivity contribution < 1.29 is 27.7 Å². The van der Waals surface area contributed by atoms with Crippen molar-refractivity contribution in [2.45, 2.75) is 11.8 Å². The summed E-state index contributed by atoms with van der Waals surface area (Å²) >= 11 is 5.88. The Balaban J connectivity index is 0.00000300. The molecule has 11 heteroatoms. The number of hydrazone groups is 1. The molecule has 0 bridgehead atoms. The van der Waals surface area contributed by atoms with E-state index in [1.165, 1.54) is 12.1 Å². The Morgan fingerprint density at radius 3 is 2.48 bits per heavy atom. The number of nitrogens with zero attached hydrogens (tertiary/aromatic N) is 1. The predicted molar refractivity (Wildman–Crippen MR) is 104 cm³/mol. The number of halogens is 1. The number of ketones is 1. The van der Waals surface area contributed by atoms with E-state index >= 15 is 0 Å². The summed E-state index contributed by atoms with van der Waals surface area (Å²) in [6.45, 7) is 1.58. The van der Waals surface area contributed by atoms with Crippen LogP contribution in [-0.4, -0.2) is 68.2 Å². The standard InChI is InChI=1S/C18H13ClN2O6S.Ca/c1-9-6-14(15(8-13(9)19)28(25,26)27)20-21-16-11-5-3-2-4-10(11)7-12(17(16)22)18(23)24;/h2-8,20H,1H3,(H,23,24)(H,25,26,27);/q;+2/p-2/b21-16+;. The van der Waals surface area contributed by atoms with Crippen LogP contribution >= 0.6 is 11.6 Å². The molecule has 2 aromatic rings. The molecule has 0 aliphatic heterocycles. The molecule has 0 fully saturated rings. The molecule has 0 spiro atoms. The van der Waals surface area contributed by atoms with Gasteiger partial charge in [-0.3, -0.25) is 10.2 Å². The number of carboxylic acids is 1. The van der Waals surface area contributed by atoms with Crippen LogP contribution in [0.4, 0.5) is 5.69 Å². The van der Waals surface area contributed by atoms with Crippen LogP contribution in [-0.2, 0) is 19.7 Å². The monoisotopic (exact) mass is 458 g/mol. The minimum Gasteiger partial charge on any atom is -0.744 e. The molecule has 0 radical (unpaired) electrons. The van der Waals surface area contributed by atoms with Crippen LogP contribution in [0.5, 0.6) is 0 Å². The van der Waals surface area contributed by atoms with E-state index in [0.717, 1.165) is 6.07 Å². The van der Waals surface area contributed by atoms with Gasteiger partial charge in [-0.25, -0.2) is 8.42 Å². The number of aliphatic carboxylic acids is 1. The number of carbonyl (C=O) groups is 2. The summed E-state index contributed by atoms with van der Waals surface area (Å²) in [5, 5.41) is 15.2. The molecular weight excluding hydrogens is 448 g/mol. The van der Waals surface area contributed by atoms with Gasteiger partial charge in [0.15, 0.2) is 0 Å². The van der Waals surface area contributed by atoms with E-state index in [9.17, 15) is 27.7 Å². The summed E-state index contributed by atoms with van der Waals surface area (Å²) in [6.07, 6.45) is 1.17. The number of carboxylic acid groups (broad SMARTS) is 1. The fourth-order valence-corrected chi connectivity index (χ4v) is 3.51. The van der Waals surface area contributed by atoms with Crippen LogP contribution in [0.3, 0.4) is 0 Å². The maximum atomic E-state index is 12.5. The zero-order chi connectivity index (χ0) is 20.6. The minimum atomic E-state index is -4.89. The third-order valence-corrected chi connectivity index (χ3v) is 5.30. The minimum absolute atomic E-state index is 0. The molecule has 0 saturated heterocycles. The molecule has 0 amide bonds. The molecular formula is C18H11CaClN2O6S. The summed E-state index contributed by atoms with van der Waals surface area (Å²) < 4.78 is 34.5. The van der Waals surface area contributed by atoms with E-state index in [1.54, 1.807) is 31.2 Å². The quantitative estimate of drug-likeness (QED) is 0.308. The number of anilines is 1. The second kappa shape index (κ2) is 8.95. The van der Waals surface area contributed by atoms with Crippen LogP contribution in [0.2, 0.25) is 5.02 Å². The topological polar surface area (TPSA) is 139 Å². The number of hydrogen-bond donors (Lipinski definition) is 1. The maximum Gasteiger partial charge on any atom is 2.00 e. The Hall–Kier alpha value is -1.75. The number of carbonyl (C=O) groups excluding carboxylic acids is 2. The Morgan fingerprint density at radius 2 is 1.86 bits per heavy atom. The van der Waals surface area contributed by atoms with Gasteiger partial charge < -0.3 is 14.5 Å². The van der Waals surface area contributed by atoms with Crippen LogP contribution in [0.25, 0.3) is 6.08 Å². The van der Waals surface area contributed by atoms with Crippen molar-refractivity contribution in [2.75, 3.05) is 5.43 Å². The summed E-state index contributed by atoms with van der Waals surface area (Å²) in [6, 6.07) is 8.67. The van der Waals surface area contributed by atoms with Gasteiger partial charge in [0.05, 0.1) is 16.6 Å². The van der Waals surface area contributed by atoms with Gasteiger partial charge in [0, 0.05) is 16.2 Å². The molecule has 8 nitrogen and oxygen atoms in total. The van der Waals surface area contributed by atoms with Gasteiger partial charge in [-0.1, -0.05) is 35.9 Å². The average Bonchev–Trinajstić information content (AvgIpc) is 2.61. The van der Waals surface area contributed by atoms with Crippen molar-refractivity contribution in [2.24, 2.45) is 5.10 Å². The van der Waals surface area contributed by atoms with Gasteiger partial charge in [0.25, 0.3) is 0 Å². The molecule has 0 aromatic heterocycles. The molecule has 3 rings (SSSR count). The first-order valence-corrected chi connectivity index (χ1v) is 9.55. The summed E-state index contributed by atoms with van der Waals surface area (Å²) in [5.41, 5.74) is 2.54. The first-order chi connectivity index (χ1) is 13.1. The molecule has 1 N–H and O–H groups in total. The first kappa shape index (κ1) is 23.5. The molecule has 0 atom stereocenters. The van der Waals surface area contributed by atoms with Gasteiger partial charge in [-0.05, 0) is 36.3 Å². The Bertz CT molecular complexity index is 1190. The number of Topliss-reactive ketones (excluding diaryl/α,β-unsaturated/α-hetero) is 1. The average molecular weight is 459 g/mol. The van der Waals surface area contributed by atoms with E-state index in [0.29, 0.717) is 16.7 Å². The third-order valence-electron chi connectivity index (χ3n) is 4.01. The van der Waals surface area contributed by atoms with Crippen molar-refractivity contribution in [1.29, 1.82) is 0 Å². The molecule has 0 unspecified atom stereocenters. The number of rotatable bonds is 4. The van der Waals surface area contributed by atoms with Crippen LogP contribution in [0, 0.1) is 6.92 Å². The van der Waals surface area contributed by atoms with Crippen molar-refractivity contribution in [3.05, 3.63) is 63.7 Å². The van der Waals surface area contributed by atoms with Gasteiger partial charge in [0.1, 0.15) is 15.8 Å². The fourth-order valence-electron chi connectivity index (χ4n) is 2.65. The first-order valence-electron chi connectivity index (χ1n) is 7.76. The Morgan fingerprint density at radius 1 is 1.21 bits per heavy atom. The van der Waals surface area contributed by atoms with Crippen LogP contribution in [0.1, 0.15) is 16.7 Å². The smallest absolute Gasteiger partial charge is 0.744 e. The maximum absolute atomic E-state index is 12.5. The van der Waals surface area contributed by atoms with Crippen molar-refractivity contribution >= 4 is 88.7 Å². The molecule has 1 aliphatic carbocycles. The van der Waals surface area contributed by atoms with Crippen molar-refractivity contribution in [3.8, 4) is 0 Å². The second-order valence-corrected chi connectivity index (χ2v) is 7.64. The summed E-state index contributed by atoms with van der Waals surface area (Å²) in [7, 11) is -4.89. The molecule has 0 heterocycles. The number of hydrogen-bond acceptors (Lipinski definition) is 8. The number of aryl methyl sites for hydroxylation is 1. The zero-order valence-corrected chi connectivity index (χ0v) is 18.7. The largest absolute Gasteiger partial charge is 2.00 e. The van der Waals surface area contributed by atoms with Gasteiger partial charge >= 0.3 is 37.7 Å². The van der Waals surface area contributed by atoms with E-state index < -0.39 is 32.3 Å². The number of benzene rings is 2. The van der Waals surface area contributed by atoms with Crippen LogP contribution < -0.4 is 10.5 Å². The van der Waals surface area contributed by atoms with E-state index in [4.69, 9.17) is 11.6 Å². The molecule has 144 valence electrons. The second-order valence-electron chi connectivity index (χ2n) is 5.89. The predicted octanol–water partition coefficient (Wildman–Crippen LogP) is 0.704. The molecule has 1 aliphatic rings. The molecule has 2 aromatic carbocycles. The van der Waals surface area contributed by atoms with E-state index in [2.05, 4.69) is 10.5 Å². The van der Waals surface area contributed by atoms with Gasteiger partial charge in [-0.15, -0.1) is 0 Å². The normalized spacial score (nSPS) is 14.7. The third kappa shape index (κ3) is 4.88. The summed E-state index contributed by atoms with van der Waals surface area (Å²) in [5.74, 6) is -2.58. The molecule has 0 saturated carbocycles. The Kier molecular flexibility index (Phi) is 7.26. The Labute approximate surface area is 201 Å². The van der Waals surface area contributed by atoms with Gasteiger partial charge in [0.2, 0.25) is 5.78 Å². The molecule has 29 heavy (non-hydrogen) atoms. The zero-order valence-electron chi connectivity index (χ0n) is 14.9. The van der Waals surface area contributed by atoms with E-state index in [-0.39, 0.29) is 54.2 Å². The fraction of sp³-hybridized carbons (Fsp3) is 0.0556.